The van der Waals surface area contributed by atoms with E-state index in [2.05, 4.69) is 15.3 Å². The van der Waals surface area contributed by atoms with Gasteiger partial charge in [-0.15, -0.1) is 5.10 Å². The smallest absolute Gasteiger partial charge is 0.271 e. The minimum atomic E-state index is -0.229. The van der Waals surface area contributed by atoms with Crippen molar-refractivity contribution in [2.45, 2.75) is 26.7 Å². The van der Waals surface area contributed by atoms with Gasteiger partial charge in [-0.3, -0.25) is 9.59 Å². The maximum absolute atomic E-state index is 13.0. The second-order valence-corrected chi connectivity index (χ2v) is 8.45. The van der Waals surface area contributed by atoms with Crippen molar-refractivity contribution in [1.82, 2.24) is 9.78 Å². The molecule has 0 saturated carbocycles. The first-order valence-electron chi connectivity index (χ1n) is 10.4. The average Bonchev–Trinajstić information content (AvgIpc) is 2.76. The quantitative estimate of drug-likeness (QED) is 0.660. The number of hydrogen-bond acceptors (Lipinski definition) is 4. The lowest BCUT2D eigenvalue weighted by molar-refractivity contribution is -0.120. The van der Waals surface area contributed by atoms with Gasteiger partial charge < -0.3 is 10.2 Å². The van der Waals surface area contributed by atoms with Crippen LogP contribution in [0.25, 0.3) is 5.69 Å². The Morgan fingerprint density at radius 3 is 2.77 bits per heavy atom. The number of benzene rings is 2. The molecule has 1 N–H and O–H groups in total. The van der Waals surface area contributed by atoms with Crippen LogP contribution in [-0.2, 0) is 4.79 Å². The number of nitrogens with one attached hydrogen (secondary N) is 1. The summed E-state index contributed by atoms with van der Waals surface area (Å²) in [5.74, 6) is 0.535. The minimum Gasteiger partial charge on any atom is -0.354 e. The molecule has 0 spiro atoms. The zero-order valence-electron chi connectivity index (χ0n) is 17.6. The first-order valence-corrected chi connectivity index (χ1v) is 10.8. The zero-order valence-corrected chi connectivity index (χ0v) is 18.4. The molecule has 1 aromatic heterocycles. The summed E-state index contributed by atoms with van der Waals surface area (Å²) in [6.45, 7) is 5.34. The molecule has 7 heteroatoms. The third kappa shape index (κ3) is 4.80. The highest BCUT2D eigenvalue weighted by Gasteiger charge is 2.27. The SMILES string of the molecule is Cc1ccc(C)c(NC(=O)C2CCCN(c3ccc(=O)n(-c4cccc(Cl)c4)n3)C2)c1. The van der Waals surface area contributed by atoms with Crippen LogP contribution in [-0.4, -0.2) is 28.8 Å². The zero-order chi connectivity index (χ0) is 22.0. The van der Waals surface area contributed by atoms with Crippen molar-refractivity contribution in [3.05, 3.63) is 81.1 Å². The van der Waals surface area contributed by atoms with Gasteiger partial charge in [0.15, 0.2) is 0 Å². The summed E-state index contributed by atoms with van der Waals surface area (Å²) in [4.78, 5) is 27.4. The fourth-order valence-corrected chi connectivity index (χ4v) is 4.05. The van der Waals surface area contributed by atoms with Crippen LogP contribution in [0.4, 0.5) is 11.5 Å². The Morgan fingerprint density at radius 2 is 1.97 bits per heavy atom. The van der Waals surface area contributed by atoms with Crippen molar-refractivity contribution in [1.29, 1.82) is 0 Å². The maximum atomic E-state index is 13.0. The van der Waals surface area contributed by atoms with E-state index >= 15 is 0 Å². The Labute approximate surface area is 186 Å². The summed E-state index contributed by atoms with van der Waals surface area (Å²) in [6, 6.07) is 16.3. The van der Waals surface area contributed by atoms with Gasteiger partial charge in [0.05, 0.1) is 11.6 Å². The van der Waals surface area contributed by atoms with E-state index in [-0.39, 0.29) is 17.4 Å². The van der Waals surface area contributed by atoms with Crippen LogP contribution < -0.4 is 15.8 Å². The number of anilines is 2. The normalized spacial score (nSPS) is 16.2. The maximum Gasteiger partial charge on any atom is 0.271 e. The minimum absolute atomic E-state index is 0.0153. The van der Waals surface area contributed by atoms with Gasteiger partial charge in [0.1, 0.15) is 5.82 Å². The molecule has 1 unspecified atom stereocenters. The number of carbonyl (C=O) groups is 1. The molecule has 2 aromatic carbocycles. The van der Waals surface area contributed by atoms with Crippen molar-refractivity contribution >= 4 is 29.0 Å². The third-order valence-corrected chi connectivity index (χ3v) is 5.84. The molecule has 0 radical (unpaired) electrons. The molecule has 6 nitrogen and oxygen atoms in total. The lowest BCUT2D eigenvalue weighted by atomic mass is 9.96. The largest absolute Gasteiger partial charge is 0.354 e. The molecule has 3 aromatic rings. The Bertz CT molecular complexity index is 1170. The topological polar surface area (TPSA) is 67.2 Å². The second-order valence-electron chi connectivity index (χ2n) is 8.01. The molecule has 1 aliphatic rings. The standard InChI is InChI=1S/C24H25ClN4O2/c1-16-8-9-17(2)21(13-16)26-24(31)18-5-4-12-28(15-18)22-10-11-23(30)29(27-22)20-7-3-6-19(25)14-20/h3,6-11,13-14,18H,4-5,12,15H2,1-2H3,(H,26,31). The van der Waals surface area contributed by atoms with Crippen LogP contribution in [0.15, 0.2) is 59.4 Å². The summed E-state index contributed by atoms with van der Waals surface area (Å²) in [5.41, 5.74) is 3.39. The van der Waals surface area contributed by atoms with E-state index in [9.17, 15) is 9.59 Å². The monoisotopic (exact) mass is 436 g/mol. The van der Waals surface area contributed by atoms with Gasteiger partial charge in [-0.25, -0.2) is 0 Å². The van der Waals surface area contributed by atoms with Crippen LogP contribution in [0.2, 0.25) is 5.02 Å². The predicted octanol–water partition coefficient (Wildman–Crippen LogP) is 4.36. The number of aromatic nitrogens is 2. The van der Waals surface area contributed by atoms with Crippen LogP contribution in [0.3, 0.4) is 0 Å². The van der Waals surface area contributed by atoms with E-state index in [1.165, 1.54) is 10.7 Å². The van der Waals surface area contributed by atoms with E-state index in [0.717, 1.165) is 36.2 Å². The fourth-order valence-electron chi connectivity index (χ4n) is 3.87. The summed E-state index contributed by atoms with van der Waals surface area (Å²) in [7, 11) is 0. The van der Waals surface area contributed by atoms with E-state index in [1.54, 1.807) is 30.3 Å². The number of rotatable bonds is 4. The van der Waals surface area contributed by atoms with E-state index < -0.39 is 0 Å². The molecule has 0 aliphatic carbocycles. The Kier molecular flexibility index (Phi) is 6.09. The predicted molar refractivity (Wildman–Crippen MR) is 124 cm³/mol. The van der Waals surface area contributed by atoms with E-state index in [4.69, 9.17) is 11.6 Å². The van der Waals surface area contributed by atoms with Crippen LogP contribution in [0.1, 0.15) is 24.0 Å². The molecule has 1 atom stereocenters. The van der Waals surface area contributed by atoms with Crippen molar-refractivity contribution in [3.63, 3.8) is 0 Å². The van der Waals surface area contributed by atoms with Crippen molar-refractivity contribution in [2.24, 2.45) is 5.92 Å². The molecule has 1 aliphatic heterocycles. The first kappa shape index (κ1) is 21.1. The number of piperidine rings is 1. The number of nitrogens with zero attached hydrogens (tertiary/aromatic N) is 3. The number of amides is 1. The number of hydrogen-bond donors (Lipinski definition) is 1. The molecule has 1 fully saturated rings. The molecule has 1 amide bonds. The summed E-state index contributed by atoms with van der Waals surface area (Å²) in [5, 5.41) is 8.18. The lowest BCUT2D eigenvalue weighted by Crippen LogP contribution is -2.41. The Hall–Kier alpha value is -3.12. The van der Waals surface area contributed by atoms with E-state index in [1.807, 2.05) is 32.0 Å². The summed E-state index contributed by atoms with van der Waals surface area (Å²) >= 11 is 6.08. The molecule has 2 heterocycles. The fraction of sp³-hybridized carbons (Fsp3) is 0.292. The van der Waals surface area contributed by atoms with Crippen molar-refractivity contribution in [2.75, 3.05) is 23.3 Å². The van der Waals surface area contributed by atoms with Crippen molar-refractivity contribution < 1.29 is 4.79 Å². The molecular weight excluding hydrogens is 412 g/mol. The summed E-state index contributed by atoms with van der Waals surface area (Å²) in [6.07, 6.45) is 1.70. The molecule has 160 valence electrons. The number of aryl methyl sites for hydroxylation is 2. The molecule has 0 bridgehead atoms. The average molecular weight is 437 g/mol. The lowest BCUT2D eigenvalue weighted by Gasteiger charge is -2.33. The second kappa shape index (κ2) is 8.94. The highest BCUT2D eigenvalue weighted by Crippen LogP contribution is 2.24. The van der Waals surface area contributed by atoms with Gasteiger partial charge in [-0.05, 0) is 68.1 Å². The van der Waals surface area contributed by atoms with Gasteiger partial charge in [0.25, 0.3) is 5.56 Å². The molecule has 1 saturated heterocycles. The third-order valence-electron chi connectivity index (χ3n) is 5.61. The number of halogens is 1. The van der Waals surface area contributed by atoms with Gasteiger partial charge >= 0.3 is 0 Å². The first-order chi connectivity index (χ1) is 14.9. The van der Waals surface area contributed by atoms with Gasteiger partial charge in [0.2, 0.25) is 5.91 Å². The molecular formula is C24H25ClN4O2. The van der Waals surface area contributed by atoms with Crippen LogP contribution in [0, 0.1) is 19.8 Å². The molecule has 4 rings (SSSR count). The van der Waals surface area contributed by atoms with Crippen LogP contribution in [0.5, 0.6) is 0 Å². The van der Waals surface area contributed by atoms with Gasteiger partial charge in [-0.2, -0.15) is 4.68 Å². The number of carbonyl (C=O) groups excluding carboxylic acids is 1. The summed E-state index contributed by atoms with van der Waals surface area (Å²) < 4.78 is 1.35. The van der Waals surface area contributed by atoms with Crippen LogP contribution >= 0.6 is 11.6 Å². The van der Waals surface area contributed by atoms with Crippen molar-refractivity contribution in [3.8, 4) is 5.69 Å². The molecule has 31 heavy (non-hydrogen) atoms. The Balaban J connectivity index is 1.53. The highest BCUT2D eigenvalue weighted by molar-refractivity contribution is 6.30. The van der Waals surface area contributed by atoms with Gasteiger partial charge in [-0.1, -0.05) is 29.8 Å². The Morgan fingerprint density at radius 1 is 1.13 bits per heavy atom. The van der Waals surface area contributed by atoms with Gasteiger partial charge in [0, 0.05) is 29.9 Å². The highest BCUT2D eigenvalue weighted by atomic mass is 35.5. The van der Waals surface area contributed by atoms with E-state index in [0.29, 0.717) is 23.1 Å².